The molecule has 0 aliphatic rings. The Hall–Kier alpha value is -1.36. The summed E-state index contributed by atoms with van der Waals surface area (Å²) >= 11 is 0. The Balaban J connectivity index is 2.94. The molecular weight excluding hydrogens is 118 g/mol. The number of hydrogen-bond donors (Lipinski definition) is 3. The molecule has 0 radical (unpaired) electrons. The van der Waals surface area contributed by atoms with E-state index in [4.69, 9.17) is 11.6 Å². The molecule has 0 saturated carbocycles. The molecule has 0 atom stereocenters. The van der Waals surface area contributed by atoms with Crippen LogP contribution in [0.2, 0.25) is 0 Å². The lowest BCUT2D eigenvalue weighted by Crippen LogP contribution is -2.09. The summed E-state index contributed by atoms with van der Waals surface area (Å²) in [5.41, 5.74) is 7.58. The lowest BCUT2D eigenvalue weighted by atomic mass is 10.6. The fourth-order valence-electron chi connectivity index (χ4n) is 0.451. The summed E-state index contributed by atoms with van der Waals surface area (Å²) in [5, 5.41) is 0. The van der Waals surface area contributed by atoms with Gasteiger partial charge in [0.2, 0.25) is 0 Å². The summed E-state index contributed by atoms with van der Waals surface area (Å²) in [5.74, 6) is 5.83. The van der Waals surface area contributed by atoms with E-state index < -0.39 is 0 Å². The van der Waals surface area contributed by atoms with Crippen molar-refractivity contribution in [3.05, 3.63) is 12.4 Å². The highest BCUT2D eigenvalue weighted by Crippen LogP contribution is 1.98. The first kappa shape index (κ1) is 5.77. The van der Waals surface area contributed by atoms with Gasteiger partial charge in [-0.15, -0.1) is 0 Å². The van der Waals surface area contributed by atoms with Gasteiger partial charge in [-0.25, -0.2) is 10.8 Å². The minimum absolute atomic E-state index is 0.352. The second-order valence-electron chi connectivity index (χ2n) is 1.47. The number of nitrogens with zero attached hydrogens (tertiary/aromatic N) is 2. The average molecular weight is 125 g/mol. The SMILES string of the molecule is NNc1cncc(N)n1. The Morgan fingerprint density at radius 2 is 2.22 bits per heavy atom. The molecule has 5 heteroatoms. The van der Waals surface area contributed by atoms with Crippen LogP contribution in [0.25, 0.3) is 0 Å². The molecule has 0 spiro atoms. The number of nitrogens with two attached hydrogens (primary N) is 2. The van der Waals surface area contributed by atoms with Gasteiger partial charge in [-0.2, -0.15) is 0 Å². The molecule has 5 nitrogen and oxygen atoms in total. The summed E-state index contributed by atoms with van der Waals surface area (Å²) in [7, 11) is 0. The highest BCUT2D eigenvalue weighted by molar-refractivity contribution is 5.36. The van der Waals surface area contributed by atoms with Gasteiger partial charge in [-0.3, -0.25) is 4.98 Å². The van der Waals surface area contributed by atoms with Crippen LogP contribution in [0.4, 0.5) is 11.6 Å². The standard InChI is InChI=1S/C4H7N5/c5-3-1-7-2-4(8-3)9-6/h1-2H,6H2,(H3,5,8,9). The molecule has 0 aliphatic carbocycles. The Kier molecular flexibility index (Phi) is 1.46. The Bertz CT molecular complexity index is 198. The fourth-order valence-corrected chi connectivity index (χ4v) is 0.451. The van der Waals surface area contributed by atoms with Crippen LogP contribution in [0.5, 0.6) is 0 Å². The number of anilines is 2. The number of nitrogens with one attached hydrogen (secondary N) is 1. The van der Waals surface area contributed by atoms with Gasteiger partial charge < -0.3 is 11.2 Å². The van der Waals surface area contributed by atoms with Crippen molar-refractivity contribution in [2.24, 2.45) is 5.84 Å². The first-order chi connectivity index (χ1) is 4.33. The molecule has 48 valence electrons. The molecule has 0 fully saturated rings. The molecule has 0 aromatic carbocycles. The molecule has 5 N–H and O–H groups in total. The van der Waals surface area contributed by atoms with Crippen molar-refractivity contribution < 1.29 is 0 Å². The van der Waals surface area contributed by atoms with Gasteiger partial charge in [0.1, 0.15) is 5.82 Å². The molecule has 1 aromatic heterocycles. The fraction of sp³-hybridized carbons (Fsp3) is 0. The van der Waals surface area contributed by atoms with Crippen molar-refractivity contribution in [1.82, 2.24) is 9.97 Å². The van der Waals surface area contributed by atoms with Crippen molar-refractivity contribution in [2.75, 3.05) is 11.2 Å². The second kappa shape index (κ2) is 2.27. The van der Waals surface area contributed by atoms with Crippen molar-refractivity contribution in [3.8, 4) is 0 Å². The van der Waals surface area contributed by atoms with Crippen molar-refractivity contribution in [1.29, 1.82) is 0 Å². The minimum atomic E-state index is 0.352. The Morgan fingerprint density at radius 3 is 2.67 bits per heavy atom. The maximum atomic E-state index is 5.26. The van der Waals surface area contributed by atoms with Crippen LogP contribution in [-0.4, -0.2) is 9.97 Å². The van der Waals surface area contributed by atoms with E-state index in [2.05, 4.69) is 15.4 Å². The Labute approximate surface area is 52.1 Å². The third-order valence-corrected chi connectivity index (χ3v) is 0.801. The summed E-state index contributed by atoms with van der Waals surface area (Å²) in [4.78, 5) is 7.50. The first-order valence-corrected chi connectivity index (χ1v) is 2.37. The van der Waals surface area contributed by atoms with Crippen LogP contribution in [0, 0.1) is 0 Å². The summed E-state index contributed by atoms with van der Waals surface area (Å²) in [6.45, 7) is 0. The molecule has 1 aromatic rings. The maximum Gasteiger partial charge on any atom is 0.160 e. The molecule has 0 bridgehead atoms. The number of hydrazine groups is 1. The smallest absolute Gasteiger partial charge is 0.160 e. The molecule has 9 heavy (non-hydrogen) atoms. The van der Waals surface area contributed by atoms with E-state index in [1.54, 1.807) is 0 Å². The topological polar surface area (TPSA) is 89.8 Å². The number of rotatable bonds is 1. The first-order valence-electron chi connectivity index (χ1n) is 2.37. The van der Waals surface area contributed by atoms with Gasteiger partial charge in [0.15, 0.2) is 5.82 Å². The van der Waals surface area contributed by atoms with E-state index in [0.717, 1.165) is 0 Å². The van der Waals surface area contributed by atoms with E-state index in [1.807, 2.05) is 0 Å². The number of nitrogen functional groups attached to an aromatic ring is 2. The molecule has 0 saturated heterocycles. The van der Waals surface area contributed by atoms with Crippen molar-refractivity contribution >= 4 is 11.6 Å². The van der Waals surface area contributed by atoms with Gasteiger partial charge >= 0.3 is 0 Å². The highest BCUT2D eigenvalue weighted by atomic mass is 15.3. The average Bonchev–Trinajstić information content (AvgIpc) is 1.88. The molecule has 0 amide bonds. The lowest BCUT2D eigenvalue weighted by molar-refractivity contribution is 1.17. The zero-order valence-electron chi connectivity index (χ0n) is 4.70. The molecule has 0 unspecified atom stereocenters. The summed E-state index contributed by atoms with van der Waals surface area (Å²) < 4.78 is 0. The minimum Gasteiger partial charge on any atom is -0.382 e. The van der Waals surface area contributed by atoms with Crippen LogP contribution in [0.1, 0.15) is 0 Å². The zero-order chi connectivity index (χ0) is 6.69. The van der Waals surface area contributed by atoms with E-state index in [9.17, 15) is 0 Å². The van der Waals surface area contributed by atoms with Crippen molar-refractivity contribution in [3.63, 3.8) is 0 Å². The van der Waals surface area contributed by atoms with E-state index >= 15 is 0 Å². The number of hydrogen-bond acceptors (Lipinski definition) is 5. The summed E-state index contributed by atoms with van der Waals surface area (Å²) in [6.07, 6.45) is 2.93. The molecule has 1 heterocycles. The van der Waals surface area contributed by atoms with E-state index in [0.29, 0.717) is 11.6 Å². The number of aromatic nitrogens is 2. The normalized spacial score (nSPS) is 9.00. The molecule has 0 aliphatic heterocycles. The quantitative estimate of drug-likeness (QED) is 0.342. The highest BCUT2D eigenvalue weighted by Gasteiger charge is 1.88. The molecular formula is C4H7N5. The van der Waals surface area contributed by atoms with Crippen molar-refractivity contribution in [2.45, 2.75) is 0 Å². The predicted octanol–water partition coefficient (Wildman–Crippen LogP) is -0.656. The monoisotopic (exact) mass is 125 g/mol. The summed E-state index contributed by atoms with van der Waals surface area (Å²) in [6, 6.07) is 0. The van der Waals surface area contributed by atoms with Gasteiger partial charge in [-0.05, 0) is 0 Å². The predicted molar refractivity (Wildman–Crippen MR) is 34.3 cm³/mol. The van der Waals surface area contributed by atoms with Crippen LogP contribution >= 0.6 is 0 Å². The van der Waals surface area contributed by atoms with Crippen LogP contribution in [0.3, 0.4) is 0 Å². The van der Waals surface area contributed by atoms with Gasteiger partial charge in [-0.1, -0.05) is 0 Å². The molecule has 1 rings (SSSR count). The lowest BCUT2D eigenvalue weighted by Gasteiger charge is -1.96. The van der Waals surface area contributed by atoms with Gasteiger partial charge in [0, 0.05) is 0 Å². The third kappa shape index (κ3) is 1.26. The maximum absolute atomic E-state index is 5.26. The van der Waals surface area contributed by atoms with Crippen LogP contribution in [-0.2, 0) is 0 Å². The van der Waals surface area contributed by atoms with E-state index in [1.165, 1.54) is 12.4 Å². The van der Waals surface area contributed by atoms with Gasteiger partial charge in [0.25, 0.3) is 0 Å². The van der Waals surface area contributed by atoms with Gasteiger partial charge in [0.05, 0.1) is 12.4 Å². The van der Waals surface area contributed by atoms with E-state index in [-0.39, 0.29) is 0 Å². The third-order valence-electron chi connectivity index (χ3n) is 0.801. The second-order valence-corrected chi connectivity index (χ2v) is 1.47. The van der Waals surface area contributed by atoms with Crippen LogP contribution in [0.15, 0.2) is 12.4 Å². The zero-order valence-corrected chi connectivity index (χ0v) is 4.70. The van der Waals surface area contributed by atoms with Crippen LogP contribution < -0.4 is 17.0 Å². The largest absolute Gasteiger partial charge is 0.382 e. The Morgan fingerprint density at radius 1 is 1.44 bits per heavy atom.